The first-order valence-corrected chi connectivity index (χ1v) is 8.35. The van der Waals surface area contributed by atoms with E-state index in [0.29, 0.717) is 6.54 Å². The molecule has 0 bridgehead atoms. The summed E-state index contributed by atoms with van der Waals surface area (Å²) >= 11 is 0. The number of aliphatic hydroxyl groups excluding tert-OH is 1. The zero-order chi connectivity index (χ0) is 14.6. The van der Waals surface area contributed by atoms with Gasteiger partial charge in [0, 0.05) is 18.2 Å². The Hall–Kier alpha value is -1.35. The highest BCUT2D eigenvalue weighted by Gasteiger charge is 2.30. The third-order valence-corrected chi connectivity index (χ3v) is 5.52. The average Bonchev–Trinajstić information content (AvgIpc) is 2.44. The second kappa shape index (κ2) is 6.40. The van der Waals surface area contributed by atoms with Gasteiger partial charge in [-0.1, -0.05) is 24.0 Å². The van der Waals surface area contributed by atoms with Gasteiger partial charge in [0.2, 0.25) is 10.0 Å². The summed E-state index contributed by atoms with van der Waals surface area (Å²) in [5, 5.41) is 8.72. The molecule has 1 aliphatic rings. The average molecular weight is 293 g/mol. The molecule has 1 aromatic rings. The van der Waals surface area contributed by atoms with Crippen molar-refractivity contribution in [2.45, 2.75) is 25.8 Å². The number of hydrogen-bond acceptors (Lipinski definition) is 3. The molecule has 108 valence electrons. The van der Waals surface area contributed by atoms with E-state index in [9.17, 15) is 8.42 Å². The van der Waals surface area contributed by atoms with Crippen LogP contribution in [-0.4, -0.2) is 36.7 Å². The molecule has 4 nitrogen and oxygen atoms in total. The summed E-state index contributed by atoms with van der Waals surface area (Å²) < 4.78 is 25.8. The molecule has 20 heavy (non-hydrogen) atoms. The minimum Gasteiger partial charge on any atom is -0.384 e. The molecular weight excluding hydrogens is 274 g/mol. The summed E-state index contributed by atoms with van der Waals surface area (Å²) in [5.41, 5.74) is 1.72. The molecule has 1 aromatic carbocycles. The Morgan fingerprint density at radius 1 is 1.40 bits per heavy atom. The van der Waals surface area contributed by atoms with Gasteiger partial charge in [-0.3, -0.25) is 0 Å². The van der Waals surface area contributed by atoms with Crippen molar-refractivity contribution in [1.82, 2.24) is 4.31 Å². The van der Waals surface area contributed by atoms with Crippen LogP contribution in [0.2, 0.25) is 0 Å². The fraction of sp³-hybridized carbons (Fsp3) is 0.467. The maximum atomic E-state index is 12.1. The smallest absolute Gasteiger partial charge is 0.214 e. The molecule has 0 aliphatic carbocycles. The number of nitrogens with zero attached hydrogens (tertiary/aromatic N) is 1. The number of rotatable bonds is 2. The second-order valence-electron chi connectivity index (χ2n) is 4.90. The van der Waals surface area contributed by atoms with Crippen LogP contribution in [0.3, 0.4) is 0 Å². The van der Waals surface area contributed by atoms with Crippen molar-refractivity contribution >= 4 is 10.0 Å². The number of aliphatic hydroxyl groups is 1. The van der Waals surface area contributed by atoms with Crippen LogP contribution in [-0.2, 0) is 10.0 Å². The maximum Gasteiger partial charge on any atom is 0.214 e. The minimum absolute atomic E-state index is 0.180. The van der Waals surface area contributed by atoms with E-state index in [1.54, 1.807) is 4.31 Å². The fourth-order valence-electron chi connectivity index (χ4n) is 2.43. The first-order valence-electron chi connectivity index (χ1n) is 6.74. The zero-order valence-electron chi connectivity index (χ0n) is 11.5. The molecular formula is C15H19NO3S. The highest BCUT2D eigenvalue weighted by molar-refractivity contribution is 7.89. The summed E-state index contributed by atoms with van der Waals surface area (Å²) in [6.07, 6.45) is 1.65. The molecule has 0 saturated carbocycles. The van der Waals surface area contributed by atoms with Crippen LogP contribution < -0.4 is 0 Å². The van der Waals surface area contributed by atoms with E-state index in [0.717, 1.165) is 24.0 Å². The van der Waals surface area contributed by atoms with Crippen molar-refractivity contribution < 1.29 is 13.5 Å². The monoisotopic (exact) mass is 293 g/mol. The Labute approximate surface area is 120 Å². The molecule has 1 N–H and O–H groups in total. The molecule has 1 atom stereocenters. The van der Waals surface area contributed by atoms with Gasteiger partial charge in [0.25, 0.3) is 0 Å². The molecule has 5 heteroatoms. The van der Waals surface area contributed by atoms with Crippen molar-refractivity contribution in [3.05, 3.63) is 35.4 Å². The van der Waals surface area contributed by atoms with Gasteiger partial charge in [0.1, 0.15) is 6.61 Å². The third-order valence-electron chi connectivity index (χ3n) is 3.50. The largest absolute Gasteiger partial charge is 0.384 e. The summed E-state index contributed by atoms with van der Waals surface area (Å²) in [7, 11) is -3.14. The lowest BCUT2D eigenvalue weighted by Crippen LogP contribution is -2.39. The Morgan fingerprint density at radius 2 is 2.20 bits per heavy atom. The molecule has 1 heterocycles. The summed E-state index contributed by atoms with van der Waals surface area (Å²) in [4.78, 5) is 0. The van der Waals surface area contributed by atoms with Gasteiger partial charge in [0.15, 0.2) is 0 Å². The Kier molecular flexibility index (Phi) is 4.81. The SMILES string of the molecule is CC(c1cccc(C#CCO)c1)N1CCCCS1(=O)=O. The van der Waals surface area contributed by atoms with E-state index in [1.807, 2.05) is 31.2 Å². The molecule has 0 radical (unpaired) electrons. The van der Waals surface area contributed by atoms with E-state index in [4.69, 9.17) is 5.11 Å². The van der Waals surface area contributed by atoms with E-state index in [2.05, 4.69) is 11.8 Å². The van der Waals surface area contributed by atoms with Crippen molar-refractivity contribution in [3.8, 4) is 11.8 Å². The van der Waals surface area contributed by atoms with E-state index >= 15 is 0 Å². The molecule has 2 rings (SSSR count). The van der Waals surface area contributed by atoms with Gasteiger partial charge < -0.3 is 5.11 Å². The summed E-state index contributed by atoms with van der Waals surface area (Å²) in [5.74, 6) is 5.68. The fourth-order valence-corrected chi connectivity index (χ4v) is 4.24. The molecule has 1 unspecified atom stereocenters. The summed E-state index contributed by atoms with van der Waals surface area (Å²) in [6, 6.07) is 7.33. The van der Waals surface area contributed by atoms with Gasteiger partial charge in [-0.2, -0.15) is 4.31 Å². The second-order valence-corrected chi connectivity index (χ2v) is 6.94. The van der Waals surface area contributed by atoms with Crippen LogP contribution in [0.1, 0.15) is 36.9 Å². The zero-order valence-corrected chi connectivity index (χ0v) is 12.4. The van der Waals surface area contributed by atoms with Crippen LogP contribution in [0.15, 0.2) is 24.3 Å². The van der Waals surface area contributed by atoms with Gasteiger partial charge in [-0.05, 0) is 37.5 Å². The lowest BCUT2D eigenvalue weighted by molar-refractivity contribution is 0.322. The standard InChI is InChI=1S/C15H19NO3S/c1-13(16-9-2-3-11-20(16,18)19)15-8-4-6-14(12-15)7-5-10-17/h4,6,8,12-13,17H,2-3,9-11H2,1H3. The van der Waals surface area contributed by atoms with Crippen molar-refractivity contribution in [2.75, 3.05) is 18.9 Å². The third kappa shape index (κ3) is 3.40. The van der Waals surface area contributed by atoms with Crippen LogP contribution in [0.5, 0.6) is 0 Å². The molecule has 1 aliphatic heterocycles. The molecule has 1 fully saturated rings. The highest BCUT2D eigenvalue weighted by Crippen LogP contribution is 2.27. The quantitative estimate of drug-likeness (QED) is 0.841. The van der Waals surface area contributed by atoms with E-state index in [-0.39, 0.29) is 18.4 Å². The molecule has 0 amide bonds. The van der Waals surface area contributed by atoms with E-state index in [1.165, 1.54) is 0 Å². The van der Waals surface area contributed by atoms with Crippen LogP contribution in [0.25, 0.3) is 0 Å². The van der Waals surface area contributed by atoms with Gasteiger partial charge in [0.05, 0.1) is 5.75 Å². The Bertz CT molecular complexity index is 628. The first kappa shape index (κ1) is 15.0. The van der Waals surface area contributed by atoms with Crippen molar-refractivity contribution in [2.24, 2.45) is 0 Å². The maximum absolute atomic E-state index is 12.1. The highest BCUT2D eigenvalue weighted by atomic mass is 32.2. The van der Waals surface area contributed by atoms with E-state index < -0.39 is 10.0 Å². The Morgan fingerprint density at radius 3 is 2.90 bits per heavy atom. The lowest BCUT2D eigenvalue weighted by atomic mass is 10.1. The minimum atomic E-state index is -3.14. The summed E-state index contributed by atoms with van der Waals surface area (Å²) in [6.45, 7) is 2.30. The number of sulfonamides is 1. The van der Waals surface area contributed by atoms with Gasteiger partial charge >= 0.3 is 0 Å². The molecule has 1 saturated heterocycles. The van der Waals surface area contributed by atoms with Crippen molar-refractivity contribution in [1.29, 1.82) is 0 Å². The van der Waals surface area contributed by atoms with Crippen LogP contribution in [0.4, 0.5) is 0 Å². The topological polar surface area (TPSA) is 57.6 Å². The molecule has 0 spiro atoms. The number of benzene rings is 1. The lowest BCUT2D eigenvalue weighted by Gasteiger charge is -2.31. The van der Waals surface area contributed by atoms with Crippen LogP contribution >= 0.6 is 0 Å². The van der Waals surface area contributed by atoms with Gasteiger partial charge in [-0.15, -0.1) is 0 Å². The predicted molar refractivity (Wildman–Crippen MR) is 78.5 cm³/mol. The number of hydrogen-bond donors (Lipinski definition) is 1. The van der Waals surface area contributed by atoms with Crippen molar-refractivity contribution in [3.63, 3.8) is 0 Å². The Balaban J connectivity index is 2.26. The normalized spacial score (nSPS) is 19.9. The predicted octanol–water partition coefficient (Wildman–Crippen LogP) is 1.52. The van der Waals surface area contributed by atoms with Gasteiger partial charge in [-0.25, -0.2) is 8.42 Å². The first-order chi connectivity index (χ1) is 9.54. The molecule has 0 aromatic heterocycles. The van der Waals surface area contributed by atoms with Crippen LogP contribution in [0, 0.1) is 11.8 Å².